The molecule has 2 heteroatoms. The third-order valence-corrected chi connectivity index (χ3v) is 2.93. The number of ether oxygens (including phenoxy) is 1. The number of para-hydroxylation sites is 1. The van der Waals surface area contributed by atoms with Gasteiger partial charge in [-0.05, 0) is 36.5 Å². The summed E-state index contributed by atoms with van der Waals surface area (Å²) in [5.41, 5.74) is 1.30. The van der Waals surface area contributed by atoms with E-state index in [4.69, 9.17) is 4.74 Å². The van der Waals surface area contributed by atoms with Crippen LogP contribution in [0.1, 0.15) is 38.2 Å². The number of rotatable bonds is 9. The molecule has 1 rings (SSSR count). The zero-order valence-corrected chi connectivity index (χ0v) is 11.7. The summed E-state index contributed by atoms with van der Waals surface area (Å²) < 4.78 is 5.87. The Hall–Kier alpha value is -1.28. The van der Waals surface area contributed by atoms with Crippen LogP contribution in [0.4, 0.5) is 0 Å². The standard InChI is InChI=1S/C16H25NO/c1-4-11-17-12-7-8-13-18-16-10-6-5-9-15(16)14(2)3/h4-6,9-10,14,17H,1,7-8,11-13H2,2-3H3/p+1. The van der Waals surface area contributed by atoms with Crippen molar-refractivity contribution in [2.24, 2.45) is 0 Å². The second-order valence-corrected chi connectivity index (χ2v) is 4.85. The zero-order valence-electron chi connectivity index (χ0n) is 11.7. The van der Waals surface area contributed by atoms with Gasteiger partial charge >= 0.3 is 0 Å². The van der Waals surface area contributed by atoms with Gasteiger partial charge in [-0.15, -0.1) is 0 Å². The van der Waals surface area contributed by atoms with Crippen LogP contribution in [-0.4, -0.2) is 19.7 Å². The first-order chi connectivity index (χ1) is 8.75. The van der Waals surface area contributed by atoms with E-state index in [0.717, 1.165) is 31.9 Å². The summed E-state index contributed by atoms with van der Waals surface area (Å²) in [6.45, 7) is 11.1. The van der Waals surface area contributed by atoms with Crippen molar-refractivity contribution in [3.05, 3.63) is 42.5 Å². The third kappa shape index (κ3) is 5.37. The van der Waals surface area contributed by atoms with Crippen LogP contribution in [0.5, 0.6) is 5.75 Å². The fourth-order valence-electron chi connectivity index (χ4n) is 1.90. The number of benzene rings is 1. The molecule has 0 aliphatic heterocycles. The molecular weight excluding hydrogens is 222 g/mol. The van der Waals surface area contributed by atoms with Crippen molar-refractivity contribution in [2.75, 3.05) is 19.7 Å². The quantitative estimate of drug-likeness (QED) is 0.528. The minimum Gasteiger partial charge on any atom is -0.493 e. The van der Waals surface area contributed by atoms with Crippen molar-refractivity contribution >= 4 is 0 Å². The molecule has 0 saturated heterocycles. The summed E-state index contributed by atoms with van der Waals surface area (Å²) in [6, 6.07) is 8.34. The second-order valence-electron chi connectivity index (χ2n) is 4.85. The van der Waals surface area contributed by atoms with Crippen LogP contribution in [0.15, 0.2) is 36.9 Å². The molecule has 0 spiro atoms. The van der Waals surface area contributed by atoms with Crippen molar-refractivity contribution in [3.8, 4) is 5.75 Å². The minimum absolute atomic E-state index is 0.516. The van der Waals surface area contributed by atoms with Gasteiger partial charge in [0.2, 0.25) is 0 Å². The summed E-state index contributed by atoms with van der Waals surface area (Å²) in [5, 5.41) is 2.27. The average molecular weight is 248 g/mol. The molecule has 0 unspecified atom stereocenters. The van der Waals surface area contributed by atoms with E-state index in [1.165, 1.54) is 12.0 Å². The second kappa shape index (κ2) is 8.76. The maximum Gasteiger partial charge on any atom is 0.122 e. The SMILES string of the molecule is C=CC[NH2+]CCCCOc1ccccc1C(C)C. The van der Waals surface area contributed by atoms with Gasteiger partial charge in [0, 0.05) is 0 Å². The van der Waals surface area contributed by atoms with Crippen LogP contribution in [-0.2, 0) is 0 Å². The highest BCUT2D eigenvalue weighted by molar-refractivity contribution is 5.35. The van der Waals surface area contributed by atoms with Gasteiger partial charge in [-0.2, -0.15) is 0 Å². The van der Waals surface area contributed by atoms with Crippen molar-refractivity contribution in [3.63, 3.8) is 0 Å². The fraction of sp³-hybridized carbons (Fsp3) is 0.500. The Morgan fingerprint density at radius 2 is 2.06 bits per heavy atom. The average Bonchev–Trinajstić information content (AvgIpc) is 2.38. The molecule has 1 aromatic carbocycles. The maximum absolute atomic E-state index is 5.87. The Bertz CT molecular complexity index is 347. The highest BCUT2D eigenvalue weighted by atomic mass is 16.5. The molecule has 0 fully saturated rings. The van der Waals surface area contributed by atoms with Crippen molar-refractivity contribution in [1.29, 1.82) is 0 Å². The highest BCUT2D eigenvalue weighted by Gasteiger charge is 2.06. The van der Waals surface area contributed by atoms with Crippen LogP contribution in [0.2, 0.25) is 0 Å². The molecule has 2 nitrogen and oxygen atoms in total. The summed E-state index contributed by atoms with van der Waals surface area (Å²) in [7, 11) is 0. The molecule has 0 aliphatic carbocycles. The Kier molecular flexibility index (Phi) is 7.19. The van der Waals surface area contributed by atoms with E-state index in [1.54, 1.807) is 0 Å². The van der Waals surface area contributed by atoms with Crippen LogP contribution in [0, 0.1) is 0 Å². The lowest BCUT2D eigenvalue weighted by molar-refractivity contribution is -0.646. The summed E-state index contributed by atoms with van der Waals surface area (Å²) >= 11 is 0. The number of hydrogen-bond acceptors (Lipinski definition) is 1. The van der Waals surface area contributed by atoms with Gasteiger partial charge in [-0.25, -0.2) is 0 Å². The first-order valence-corrected chi connectivity index (χ1v) is 6.90. The molecule has 1 aromatic rings. The Labute approximate surface area is 111 Å². The van der Waals surface area contributed by atoms with Crippen LogP contribution in [0.3, 0.4) is 0 Å². The van der Waals surface area contributed by atoms with Crippen LogP contribution in [0.25, 0.3) is 0 Å². The lowest BCUT2D eigenvalue weighted by atomic mass is 10.0. The fourth-order valence-corrected chi connectivity index (χ4v) is 1.90. The van der Waals surface area contributed by atoms with Crippen molar-refractivity contribution in [1.82, 2.24) is 0 Å². The lowest BCUT2D eigenvalue weighted by Crippen LogP contribution is -2.83. The molecule has 0 atom stereocenters. The van der Waals surface area contributed by atoms with Crippen molar-refractivity contribution in [2.45, 2.75) is 32.6 Å². The molecule has 0 saturated carbocycles. The molecule has 18 heavy (non-hydrogen) atoms. The third-order valence-electron chi connectivity index (χ3n) is 2.93. The Balaban J connectivity index is 2.25. The number of quaternary nitrogens is 1. The van der Waals surface area contributed by atoms with Crippen LogP contribution < -0.4 is 10.1 Å². The summed E-state index contributed by atoms with van der Waals surface area (Å²) in [5.74, 6) is 1.56. The topological polar surface area (TPSA) is 25.8 Å². The summed E-state index contributed by atoms with van der Waals surface area (Å²) in [6.07, 6.45) is 4.24. The predicted octanol–water partition coefficient (Wildman–Crippen LogP) is 2.72. The number of hydrogen-bond donors (Lipinski definition) is 1. The molecule has 0 aliphatic rings. The zero-order chi connectivity index (χ0) is 13.2. The van der Waals surface area contributed by atoms with Gasteiger partial charge < -0.3 is 10.1 Å². The van der Waals surface area contributed by atoms with Gasteiger partial charge in [-0.1, -0.05) is 38.6 Å². The first kappa shape index (κ1) is 14.8. The smallest absolute Gasteiger partial charge is 0.122 e. The van der Waals surface area contributed by atoms with Gasteiger partial charge in [0.1, 0.15) is 5.75 Å². The van der Waals surface area contributed by atoms with E-state index >= 15 is 0 Å². The minimum atomic E-state index is 0.516. The normalized spacial score (nSPS) is 10.6. The highest BCUT2D eigenvalue weighted by Crippen LogP contribution is 2.25. The van der Waals surface area contributed by atoms with Crippen LogP contribution >= 0.6 is 0 Å². The molecule has 2 N–H and O–H groups in total. The van der Waals surface area contributed by atoms with E-state index in [-0.39, 0.29) is 0 Å². The van der Waals surface area contributed by atoms with E-state index < -0.39 is 0 Å². The van der Waals surface area contributed by atoms with E-state index in [1.807, 2.05) is 12.1 Å². The molecule has 0 amide bonds. The molecule has 0 heterocycles. The predicted molar refractivity (Wildman–Crippen MR) is 77.1 cm³/mol. The maximum atomic E-state index is 5.87. The van der Waals surface area contributed by atoms with E-state index in [0.29, 0.717) is 5.92 Å². The van der Waals surface area contributed by atoms with Crippen molar-refractivity contribution < 1.29 is 10.1 Å². The monoisotopic (exact) mass is 248 g/mol. The van der Waals surface area contributed by atoms with E-state index in [2.05, 4.69) is 43.9 Å². The number of nitrogens with two attached hydrogens (primary N) is 1. The molecule has 0 bridgehead atoms. The van der Waals surface area contributed by atoms with Gasteiger partial charge in [0.15, 0.2) is 0 Å². The van der Waals surface area contributed by atoms with E-state index in [9.17, 15) is 0 Å². The largest absolute Gasteiger partial charge is 0.493 e. The summed E-state index contributed by atoms with van der Waals surface area (Å²) in [4.78, 5) is 0. The molecule has 0 radical (unpaired) electrons. The van der Waals surface area contributed by atoms with Gasteiger partial charge in [0.05, 0.1) is 19.7 Å². The first-order valence-electron chi connectivity index (χ1n) is 6.90. The Morgan fingerprint density at radius 3 is 2.78 bits per heavy atom. The lowest BCUT2D eigenvalue weighted by Gasteiger charge is -2.13. The van der Waals surface area contributed by atoms with Gasteiger partial charge in [0.25, 0.3) is 0 Å². The molecule has 100 valence electrons. The molecular formula is C16H26NO+. The molecule has 0 aromatic heterocycles. The van der Waals surface area contributed by atoms with Gasteiger partial charge in [-0.3, -0.25) is 0 Å². The Morgan fingerprint density at radius 1 is 1.28 bits per heavy atom. The number of unbranched alkanes of at least 4 members (excludes halogenated alkanes) is 1.